The summed E-state index contributed by atoms with van der Waals surface area (Å²) in [6.45, 7) is 3.19. The minimum atomic E-state index is -0.183. The van der Waals surface area contributed by atoms with Crippen LogP contribution in [0.25, 0.3) is 0 Å². The molecule has 0 radical (unpaired) electrons. The molecule has 1 heterocycles. The first-order chi connectivity index (χ1) is 8.79. The van der Waals surface area contributed by atoms with Gasteiger partial charge in [-0.1, -0.05) is 37.3 Å². The molecule has 0 spiro atoms. The maximum Gasteiger partial charge on any atom is 0.163 e. The van der Waals surface area contributed by atoms with Crippen molar-refractivity contribution in [3.8, 4) is 0 Å². The van der Waals surface area contributed by atoms with Gasteiger partial charge in [-0.15, -0.1) is 0 Å². The summed E-state index contributed by atoms with van der Waals surface area (Å²) in [5, 5.41) is 3.69. The standard InChI is InChI=1S/C10H13NS7/c1-2-8-11-10(9-6-4-3-5-7-9)13-14-15-16-17-18(10)12/h3-7,11H,2,8H2,1H3. The van der Waals surface area contributed by atoms with Crippen molar-refractivity contribution in [2.75, 3.05) is 6.54 Å². The van der Waals surface area contributed by atoms with E-state index in [1.165, 1.54) is 5.56 Å². The first-order valence-corrected chi connectivity index (χ1v) is 14.2. The van der Waals surface area contributed by atoms with Gasteiger partial charge < -0.3 is 0 Å². The fourth-order valence-electron chi connectivity index (χ4n) is 1.47. The van der Waals surface area contributed by atoms with Crippen molar-refractivity contribution in [1.29, 1.82) is 0 Å². The summed E-state index contributed by atoms with van der Waals surface area (Å²) in [4.78, 5) is 0. The minimum Gasteiger partial charge on any atom is -0.289 e. The Bertz CT molecular complexity index is 398. The minimum absolute atomic E-state index is 0.140. The Kier molecular flexibility index (Phi) is 7.12. The molecule has 1 N–H and O–H groups in total. The summed E-state index contributed by atoms with van der Waals surface area (Å²) in [7, 11) is 8.93. The lowest BCUT2D eigenvalue weighted by atomic mass is 10.2. The van der Waals surface area contributed by atoms with Crippen LogP contribution in [-0.4, -0.2) is 6.54 Å². The lowest BCUT2D eigenvalue weighted by Crippen LogP contribution is -2.41. The van der Waals surface area contributed by atoms with Gasteiger partial charge in [-0.3, -0.25) is 5.32 Å². The number of benzene rings is 1. The molecular formula is C10H13NS7. The average molecular weight is 372 g/mol. The summed E-state index contributed by atoms with van der Waals surface area (Å²) in [6, 6.07) is 10.6. The molecule has 1 aliphatic rings. The molecule has 100 valence electrons. The molecule has 1 fully saturated rings. The van der Waals surface area contributed by atoms with Crippen molar-refractivity contribution >= 4 is 69.8 Å². The highest BCUT2D eigenvalue weighted by molar-refractivity contribution is 9.44. The third kappa shape index (κ3) is 3.78. The first kappa shape index (κ1) is 15.9. The van der Waals surface area contributed by atoms with Gasteiger partial charge >= 0.3 is 0 Å². The molecule has 2 unspecified atom stereocenters. The van der Waals surface area contributed by atoms with Gasteiger partial charge in [0, 0.05) is 0 Å². The van der Waals surface area contributed by atoms with Crippen LogP contribution in [0.3, 0.4) is 0 Å². The Morgan fingerprint density at radius 1 is 1.22 bits per heavy atom. The third-order valence-corrected chi connectivity index (χ3v) is 18.4. The van der Waals surface area contributed by atoms with E-state index in [9.17, 15) is 0 Å². The summed E-state index contributed by atoms with van der Waals surface area (Å²) >= 11 is 5.76. The highest BCUT2D eigenvalue weighted by Gasteiger charge is 2.39. The zero-order chi connectivity index (χ0) is 12.8. The molecule has 1 nitrogen and oxygen atoms in total. The topological polar surface area (TPSA) is 12.0 Å². The molecule has 0 aliphatic carbocycles. The van der Waals surface area contributed by atoms with Gasteiger partial charge in [-0.2, -0.15) is 0 Å². The largest absolute Gasteiger partial charge is 0.289 e. The molecule has 0 bridgehead atoms. The Morgan fingerprint density at radius 2 is 2.00 bits per heavy atom. The molecular weight excluding hydrogens is 359 g/mol. The van der Waals surface area contributed by atoms with Crippen molar-refractivity contribution in [3.63, 3.8) is 0 Å². The Hall–Kier alpha value is 1.50. The van der Waals surface area contributed by atoms with E-state index in [0.717, 1.165) is 13.0 Å². The number of hydrogen-bond donors (Lipinski definition) is 1. The van der Waals surface area contributed by atoms with Crippen molar-refractivity contribution in [2.24, 2.45) is 0 Å². The summed E-state index contributed by atoms with van der Waals surface area (Å²) in [5.74, 6) is 0. The predicted octanol–water partition coefficient (Wildman–Crippen LogP) is 5.13. The highest BCUT2D eigenvalue weighted by Crippen LogP contribution is 2.62. The molecule has 1 aromatic carbocycles. The first-order valence-electron chi connectivity index (χ1n) is 5.38. The van der Waals surface area contributed by atoms with Gasteiger partial charge in [-0.05, 0) is 88.3 Å². The van der Waals surface area contributed by atoms with Crippen molar-refractivity contribution < 1.29 is 0 Å². The van der Waals surface area contributed by atoms with Crippen LogP contribution < -0.4 is 5.32 Å². The fraction of sp³-hybridized carbons (Fsp3) is 0.400. The van der Waals surface area contributed by atoms with E-state index in [0.29, 0.717) is 0 Å². The third-order valence-electron chi connectivity index (χ3n) is 2.29. The van der Waals surface area contributed by atoms with Crippen LogP contribution >= 0.6 is 50.1 Å². The summed E-state index contributed by atoms with van der Waals surface area (Å²) in [5.41, 5.74) is 1.30. The smallest absolute Gasteiger partial charge is 0.163 e. The summed E-state index contributed by atoms with van der Waals surface area (Å²) < 4.78 is -0.140. The van der Waals surface area contributed by atoms with Gasteiger partial charge in [0.15, 0.2) is 4.20 Å². The molecule has 8 heteroatoms. The van der Waals surface area contributed by atoms with Crippen molar-refractivity contribution in [1.82, 2.24) is 5.32 Å². The average Bonchev–Trinajstić information content (AvgIpc) is 2.60. The van der Waals surface area contributed by atoms with Gasteiger partial charge in [0.05, 0.1) is 0 Å². The van der Waals surface area contributed by atoms with Crippen LogP contribution in [0.1, 0.15) is 18.9 Å². The van der Waals surface area contributed by atoms with E-state index in [2.05, 4.69) is 42.6 Å². The SMILES string of the molecule is CCCNC1(c2ccccc2)SSSSSS1=S. The second-order valence-electron chi connectivity index (χ2n) is 3.50. The van der Waals surface area contributed by atoms with Crippen LogP contribution in [0.2, 0.25) is 0 Å². The molecule has 0 saturated carbocycles. The summed E-state index contributed by atoms with van der Waals surface area (Å²) in [6.07, 6.45) is 1.12. The van der Waals surface area contributed by atoms with Gasteiger partial charge in [0.25, 0.3) is 0 Å². The fourth-order valence-corrected chi connectivity index (χ4v) is 20.5. The van der Waals surface area contributed by atoms with E-state index in [1.54, 1.807) is 9.83 Å². The lowest BCUT2D eigenvalue weighted by molar-refractivity contribution is 0.629. The van der Waals surface area contributed by atoms with Crippen LogP contribution in [-0.2, 0) is 23.9 Å². The van der Waals surface area contributed by atoms with Crippen LogP contribution in [0.4, 0.5) is 0 Å². The lowest BCUT2D eigenvalue weighted by Gasteiger charge is -2.32. The second kappa shape index (κ2) is 8.07. The number of hydrogen-bond acceptors (Lipinski definition) is 7. The molecule has 1 saturated heterocycles. The highest BCUT2D eigenvalue weighted by atomic mass is 33.9. The van der Waals surface area contributed by atoms with E-state index in [4.69, 9.17) is 11.2 Å². The molecule has 2 rings (SSSR count). The van der Waals surface area contributed by atoms with E-state index in [-0.39, 0.29) is 12.7 Å². The quantitative estimate of drug-likeness (QED) is 0.727. The molecule has 1 aliphatic heterocycles. The molecule has 1 aromatic rings. The van der Waals surface area contributed by atoms with Crippen LogP contribution in [0.15, 0.2) is 30.3 Å². The van der Waals surface area contributed by atoms with Gasteiger partial charge in [-0.25, -0.2) is 0 Å². The maximum absolute atomic E-state index is 5.76. The van der Waals surface area contributed by atoms with Gasteiger partial charge in [0.1, 0.15) is 0 Å². The predicted molar refractivity (Wildman–Crippen MR) is 99.1 cm³/mol. The van der Waals surface area contributed by atoms with Crippen LogP contribution in [0, 0.1) is 0 Å². The molecule has 0 amide bonds. The second-order valence-corrected chi connectivity index (χ2v) is 15.8. The molecule has 18 heavy (non-hydrogen) atoms. The number of nitrogens with one attached hydrogen (secondary N) is 1. The van der Waals surface area contributed by atoms with E-state index < -0.39 is 0 Å². The van der Waals surface area contributed by atoms with Crippen molar-refractivity contribution in [3.05, 3.63) is 35.9 Å². The van der Waals surface area contributed by atoms with E-state index in [1.807, 2.05) is 40.3 Å². The maximum atomic E-state index is 5.76. The molecule has 0 aromatic heterocycles. The Balaban J connectivity index is 2.35. The normalized spacial score (nSPS) is 28.8. The Labute approximate surface area is 134 Å². The van der Waals surface area contributed by atoms with E-state index >= 15 is 0 Å². The Morgan fingerprint density at radius 3 is 2.72 bits per heavy atom. The zero-order valence-electron chi connectivity index (χ0n) is 9.66. The van der Waals surface area contributed by atoms with Gasteiger partial charge in [0.2, 0.25) is 0 Å². The van der Waals surface area contributed by atoms with Crippen molar-refractivity contribution in [2.45, 2.75) is 17.5 Å². The number of rotatable bonds is 4. The molecule has 2 atom stereocenters. The van der Waals surface area contributed by atoms with Crippen LogP contribution in [0.5, 0.6) is 0 Å². The monoisotopic (exact) mass is 371 g/mol. The zero-order valence-corrected chi connectivity index (χ0v) is 15.4.